The van der Waals surface area contributed by atoms with Crippen LogP contribution in [0.1, 0.15) is 65.1 Å². The first-order chi connectivity index (χ1) is 9.91. The van der Waals surface area contributed by atoms with Gasteiger partial charge in [0.25, 0.3) is 0 Å². The van der Waals surface area contributed by atoms with E-state index < -0.39 is 5.60 Å². The lowest BCUT2D eigenvalue weighted by Gasteiger charge is -2.41. The topological polar surface area (TPSA) is 71.9 Å². The molecular formula is C16H25N3O2. The van der Waals surface area contributed by atoms with E-state index >= 15 is 0 Å². The van der Waals surface area contributed by atoms with E-state index in [0.717, 1.165) is 25.7 Å². The molecule has 116 valence electrons. The van der Waals surface area contributed by atoms with Gasteiger partial charge in [0.05, 0.1) is 12.0 Å². The van der Waals surface area contributed by atoms with E-state index in [4.69, 9.17) is 14.5 Å². The Morgan fingerprint density at radius 2 is 2.00 bits per heavy atom. The quantitative estimate of drug-likeness (QED) is 0.828. The smallest absolute Gasteiger partial charge is 0.228 e. The molecule has 0 aliphatic heterocycles. The molecule has 0 aromatic carbocycles. The third kappa shape index (κ3) is 3.62. The van der Waals surface area contributed by atoms with Gasteiger partial charge in [-0.2, -0.15) is 10.2 Å². The second kappa shape index (κ2) is 6.15. The zero-order chi connectivity index (χ0) is 15.5. The van der Waals surface area contributed by atoms with Gasteiger partial charge in [0.1, 0.15) is 5.60 Å². The molecule has 1 fully saturated rings. The van der Waals surface area contributed by atoms with Crippen LogP contribution in [0.4, 0.5) is 0 Å². The average molecular weight is 291 g/mol. The number of hydrogen-bond donors (Lipinski definition) is 0. The lowest BCUT2D eigenvalue weighted by atomic mass is 9.70. The van der Waals surface area contributed by atoms with Gasteiger partial charge in [-0.25, -0.2) is 0 Å². The second-order valence-electron chi connectivity index (χ2n) is 6.84. The van der Waals surface area contributed by atoms with E-state index in [1.165, 1.54) is 0 Å². The van der Waals surface area contributed by atoms with Gasteiger partial charge in [-0.05, 0) is 44.9 Å². The maximum atomic E-state index is 8.88. The Morgan fingerprint density at radius 1 is 1.33 bits per heavy atom. The summed E-state index contributed by atoms with van der Waals surface area (Å²) in [4.78, 5) is 4.51. The molecule has 1 aromatic heterocycles. The first kappa shape index (κ1) is 16.0. The Balaban J connectivity index is 2.18. The van der Waals surface area contributed by atoms with Crippen molar-refractivity contribution in [3.63, 3.8) is 0 Å². The molecule has 0 spiro atoms. The van der Waals surface area contributed by atoms with Crippen molar-refractivity contribution in [2.75, 3.05) is 6.61 Å². The Hall–Kier alpha value is -1.41. The minimum absolute atomic E-state index is 0.119. The summed E-state index contributed by atoms with van der Waals surface area (Å²) in [6.45, 7) is 9.07. The molecule has 0 amide bonds. The highest BCUT2D eigenvalue weighted by Crippen LogP contribution is 2.46. The molecule has 0 saturated heterocycles. The fourth-order valence-electron chi connectivity index (χ4n) is 2.87. The summed E-state index contributed by atoms with van der Waals surface area (Å²) < 4.78 is 11.4. The molecule has 1 aliphatic carbocycles. The number of aromatic nitrogens is 2. The Bertz CT molecular complexity index is 506. The van der Waals surface area contributed by atoms with E-state index in [1.54, 1.807) is 0 Å². The van der Waals surface area contributed by atoms with Crippen molar-refractivity contribution in [3.8, 4) is 6.07 Å². The first-order valence-electron chi connectivity index (χ1n) is 7.77. The van der Waals surface area contributed by atoms with E-state index in [-0.39, 0.29) is 5.92 Å². The summed E-state index contributed by atoms with van der Waals surface area (Å²) in [5.41, 5.74) is -0.0651. The van der Waals surface area contributed by atoms with Gasteiger partial charge >= 0.3 is 0 Å². The van der Waals surface area contributed by atoms with Crippen molar-refractivity contribution >= 4 is 0 Å². The fraction of sp³-hybridized carbons (Fsp3) is 0.812. The molecule has 5 heteroatoms. The summed E-state index contributed by atoms with van der Waals surface area (Å²) in [5, 5.41) is 13.0. The van der Waals surface area contributed by atoms with Gasteiger partial charge < -0.3 is 9.26 Å². The molecule has 1 aliphatic rings. The molecule has 1 aromatic rings. The maximum Gasteiger partial charge on any atom is 0.228 e. The van der Waals surface area contributed by atoms with Gasteiger partial charge in [0, 0.05) is 13.0 Å². The number of ether oxygens (including phenoxy) is 1. The number of hydrogen-bond acceptors (Lipinski definition) is 5. The molecule has 5 nitrogen and oxygen atoms in total. The highest BCUT2D eigenvalue weighted by atomic mass is 16.5. The van der Waals surface area contributed by atoms with Crippen molar-refractivity contribution in [1.82, 2.24) is 10.1 Å². The zero-order valence-corrected chi connectivity index (χ0v) is 13.5. The molecule has 1 heterocycles. The van der Waals surface area contributed by atoms with Crippen molar-refractivity contribution in [3.05, 3.63) is 11.7 Å². The lowest BCUT2D eigenvalue weighted by Crippen LogP contribution is -2.38. The maximum absolute atomic E-state index is 8.88. The van der Waals surface area contributed by atoms with Gasteiger partial charge in [0.15, 0.2) is 0 Å². The van der Waals surface area contributed by atoms with Crippen LogP contribution in [0.2, 0.25) is 0 Å². The minimum atomic E-state index is -0.415. The lowest BCUT2D eigenvalue weighted by molar-refractivity contribution is -0.0957. The highest BCUT2D eigenvalue weighted by molar-refractivity contribution is 5.06. The van der Waals surface area contributed by atoms with E-state index in [1.807, 2.05) is 13.8 Å². The second-order valence-corrected chi connectivity index (χ2v) is 6.84. The van der Waals surface area contributed by atoms with E-state index in [0.29, 0.717) is 30.2 Å². The molecule has 21 heavy (non-hydrogen) atoms. The van der Waals surface area contributed by atoms with Crippen molar-refractivity contribution in [2.45, 2.75) is 65.4 Å². The molecular weight excluding hydrogens is 266 g/mol. The standard InChI is InChI=1S/C16H25N3O2/c1-5-20-16(8-6-15(3,4)7-9-16)14-18-13(21-19-14)10-12(2)11-17/h12H,5-10H2,1-4H3. The van der Waals surface area contributed by atoms with Crippen LogP contribution in [0, 0.1) is 22.7 Å². The minimum Gasteiger partial charge on any atom is -0.367 e. The number of rotatable bonds is 5. The molecule has 2 rings (SSSR count). The van der Waals surface area contributed by atoms with Crippen LogP contribution in [0.25, 0.3) is 0 Å². The number of nitriles is 1. The van der Waals surface area contributed by atoms with Crippen LogP contribution in [0.3, 0.4) is 0 Å². The summed E-state index contributed by atoms with van der Waals surface area (Å²) in [5.74, 6) is 1.06. The van der Waals surface area contributed by atoms with Gasteiger partial charge in [-0.1, -0.05) is 19.0 Å². The molecule has 1 atom stereocenters. The van der Waals surface area contributed by atoms with Crippen LogP contribution >= 0.6 is 0 Å². The third-order valence-corrected chi connectivity index (χ3v) is 4.41. The Kier molecular flexibility index (Phi) is 4.67. The highest BCUT2D eigenvalue weighted by Gasteiger charge is 2.43. The normalized spacial score (nSPS) is 21.7. The molecule has 1 unspecified atom stereocenters. The van der Waals surface area contributed by atoms with Crippen LogP contribution < -0.4 is 0 Å². The van der Waals surface area contributed by atoms with Gasteiger partial charge in [-0.15, -0.1) is 0 Å². The van der Waals surface area contributed by atoms with E-state index in [2.05, 4.69) is 30.1 Å². The largest absolute Gasteiger partial charge is 0.367 e. The predicted molar refractivity (Wildman–Crippen MR) is 78.3 cm³/mol. The van der Waals surface area contributed by atoms with E-state index in [9.17, 15) is 0 Å². The number of nitrogens with zero attached hydrogens (tertiary/aromatic N) is 3. The zero-order valence-electron chi connectivity index (χ0n) is 13.5. The average Bonchev–Trinajstić information content (AvgIpc) is 2.90. The molecule has 1 saturated carbocycles. The molecule has 0 bridgehead atoms. The summed E-state index contributed by atoms with van der Waals surface area (Å²) in [6, 6.07) is 2.19. The third-order valence-electron chi connectivity index (χ3n) is 4.41. The van der Waals surface area contributed by atoms with Crippen LogP contribution in [-0.4, -0.2) is 16.7 Å². The van der Waals surface area contributed by atoms with Crippen LogP contribution in [0.15, 0.2) is 4.52 Å². The van der Waals surface area contributed by atoms with Crippen LogP contribution in [-0.2, 0) is 16.8 Å². The summed E-state index contributed by atoms with van der Waals surface area (Å²) in [7, 11) is 0. The van der Waals surface area contributed by atoms with Crippen molar-refractivity contribution in [2.24, 2.45) is 11.3 Å². The van der Waals surface area contributed by atoms with Crippen molar-refractivity contribution < 1.29 is 9.26 Å². The summed E-state index contributed by atoms with van der Waals surface area (Å²) in [6.07, 6.45) is 4.51. The predicted octanol–water partition coefficient (Wildman–Crippen LogP) is 3.60. The summed E-state index contributed by atoms with van der Waals surface area (Å²) >= 11 is 0. The van der Waals surface area contributed by atoms with Crippen LogP contribution in [0.5, 0.6) is 0 Å². The fourth-order valence-corrected chi connectivity index (χ4v) is 2.87. The first-order valence-corrected chi connectivity index (χ1v) is 7.77. The van der Waals surface area contributed by atoms with Gasteiger partial charge in [-0.3, -0.25) is 0 Å². The SMILES string of the molecule is CCOC1(c2noc(CC(C)C#N)n2)CCC(C)(C)CC1. The van der Waals surface area contributed by atoms with Crippen molar-refractivity contribution in [1.29, 1.82) is 5.26 Å². The molecule has 0 N–H and O–H groups in total. The Labute approximate surface area is 126 Å². The molecule has 0 radical (unpaired) electrons. The van der Waals surface area contributed by atoms with Gasteiger partial charge in [0.2, 0.25) is 11.7 Å². The Morgan fingerprint density at radius 3 is 2.57 bits per heavy atom. The monoisotopic (exact) mass is 291 g/mol.